The summed E-state index contributed by atoms with van der Waals surface area (Å²) in [6, 6.07) is 2.10. The summed E-state index contributed by atoms with van der Waals surface area (Å²) >= 11 is 0. The fourth-order valence-corrected chi connectivity index (χ4v) is 2.30. The third-order valence-corrected chi connectivity index (χ3v) is 3.25. The van der Waals surface area contributed by atoms with Crippen LogP contribution in [0.25, 0.3) is 0 Å². The Bertz CT molecular complexity index is 358. The molecule has 0 aromatic carbocycles. The zero-order valence-corrected chi connectivity index (χ0v) is 10.3. The van der Waals surface area contributed by atoms with Crippen molar-refractivity contribution in [2.75, 3.05) is 30.4 Å². The Balaban J connectivity index is 2.21. The van der Waals surface area contributed by atoms with E-state index in [1.165, 1.54) is 12.8 Å². The van der Waals surface area contributed by atoms with E-state index in [1.54, 1.807) is 6.20 Å². The van der Waals surface area contributed by atoms with Gasteiger partial charge >= 0.3 is 0 Å². The van der Waals surface area contributed by atoms with E-state index in [1.807, 2.05) is 13.1 Å². The molecule has 5 heteroatoms. The summed E-state index contributed by atoms with van der Waals surface area (Å²) in [7, 11) is 1.81. The number of nitrogens with one attached hydrogen (secondary N) is 1. The van der Waals surface area contributed by atoms with Gasteiger partial charge in [-0.15, -0.1) is 0 Å². The lowest BCUT2D eigenvalue weighted by Crippen LogP contribution is -2.38. The molecule has 2 heterocycles. The van der Waals surface area contributed by atoms with Gasteiger partial charge in [-0.3, -0.25) is 0 Å². The van der Waals surface area contributed by atoms with Gasteiger partial charge in [-0.25, -0.2) is 4.98 Å². The average Bonchev–Trinajstić information content (AvgIpc) is 2.63. The summed E-state index contributed by atoms with van der Waals surface area (Å²) in [4.78, 5) is 10.8. The van der Waals surface area contributed by atoms with Crippen molar-refractivity contribution in [2.45, 2.75) is 31.7 Å². The molecule has 1 fully saturated rings. The van der Waals surface area contributed by atoms with Crippen molar-refractivity contribution in [3.05, 3.63) is 12.3 Å². The minimum atomic E-state index is 0.192. The van der Waals surface area contributed by atoms with Gasteiger partial charge in [0.2, 0.25) is 5.95 Å². The van der Waals surface area contributed by atoms with Crippen LogP contribution >= 0.6 is 0 Å². The van der Waals surface area contributed by atoms with Gasteiger partial charge in [-0.2, -0.15) is 4.98 Å². The predicted molar refractivity (Wildman–Crippen MR) is 68.3 cm³/mol. The third-order valence-electron chi connectivity index (χ3n) is 3.25. The molecule has 2 N–H and O–H groups in total. The summed E-state index contributed by atoms with van der Waals surface area (Å²) < 4.78 is 0. The first-order valence-electron chi connectivity index (χ1n) is 6.23. The Hall–Kier alpha value is -1.36. The lowest BCUT2D eigenvalue weighted by atomic mass is 10.1. The summed E-state index contributed by atoms with van der Waals surface area (Å²) in [6.07, 6.45) is 6.38. The molecule has 94 valence electrons. The second-order valence-electron chi connectivity index (χ2n) is 4.37. The van der Waals surface area contributed by atoms with Crippen molar-refractivity contribution in [1.82, 2.24) is 9.97 Å². The van der Waals surface area contributed by atoms with E-state index in [4.69, 9.17) is 0 Å². The molecule has 1 aliphatic rings. The van der Waals surface area contributed by atoms with E-state index >= 15 is 0 Å². The summed E-state index contributed by atoms with van der Waals surface area (Å²) in [5.41, 5.74) is 0. The normalized spacial score (nSPS) is 21.1. The van der Waals surface area contributed by atoms with Crippen molar-refractivity contribution < 1.29 is 5.11 Å². The molecule has 17 heavy (non-hydrogen) atoms. The van der Waals surface area contributed by atoms with Crippen LogP contribution in [0.1, 0.15) is 25.7 Å². The molecule has 1 aromatic rings. The third kappa shape index (κ3) is 2.85. The Kier molecular flexibility index (Phi) is 4.14. The van der Waals surface area contributed by atoms with Crippen LogP contribution in [0, 0.1) is 0 Å². The number of hydrogen-bond acceptors (Lipinski definition) is 5. The van der Waals surface area contributed by atoms with Gasteiger partial charge in [-0.1, -0.05) is 12.8 Å². The van der Waals surface area contributed by atoms with E-state index in [-0.39, 0.29) is 12.6 Å². The molecule has 5 nitrogen and oxygen atoms in total. The number of aliphatic hydroxyl groups excluding tert-OH is 1. The molecule has 1 atom stereocenters. The number of hydrogen-bond donors (Lipinski definition) is 2. The maximum absolute atomic E-state index is 9.47. The van der Waals surface area contributed by atoms with Crippen molar-refractivity contribution >= 4 is 11.8 Å². The maximum atomic E-state index is 9.47. The van der Waals surface area contributed by atoms with Crippen LogP contribution in [0.5, 0.6) is 0 Å². The first-order valence-corrected chi connectivity index (χ1v) is 6.23. The molecule has 2 rings (SSSR count). The Morgan fingerprint density at radius 2 is 2.35 bits per heavy atom. The van der Waals surface area contributed by atoms with Crippen LogP contribution in [-0.4, -0.2) is 41.3 Å². The fraction of sp³-hybridized carbons (Fsp3) is 0.667. The Morgan fingerprint density at radius 3 is 3.12 bits per heavy atom. The quantitative estimate of drug-likeness (QED) is 0.827. The van der Waals surface area contributed by atoms with E-state index in [0.29, 0.717) is 5.95 Å². The smallest absolute Gasteiger partial charge is 0.224 e. The highest BCUT2D eigenvalue weighted by molar-refractivity contribution is 5.43. The van der Waals surface area contributed by atoms with Crippen LogP contribution in [0.15, 0.2) is 12.3 Å². The SMILES string of the molecule is CNc1nccc(N2CCCCCC2CO)n1. The molecule has 1 aliphatic heterocycles. The molecule has 0 bridgehead atoms. The lowest BCUT2D eigenvalue weighted by molar-refractivity contribution is 0.254. The van der Waals surface area contributed by atoms with E-state index < -0.39 is 0 Å². The van der Waals surface area contributed by atoms with Crippen LogP contribution in [0.2, 0.25) is 0 Å². The largest absolute Gasteiger partial charge is 0.394 e. The van der Waals surface area contributed by atoms with Crippen molar-refractivity contribution in [2.24, 2.45) is 0 Å². The van der Waals surface area contributed by atoms with Crippen LogP contribution in [0.3, 0.4) is 0 Å². The van der Waals surface area contributed by atoms with Gasteiger partial charge in [0.25, 0.3) is 0 Å². The van der Waals surface area contributed by atoms with Gasteiger partial charge < -0.3 is 15.3 Å². The van der Waals surface area contributed by atoms with Gasteiger partial charge in [0.05, 0.1) is 12.6 Å². The van der Waals surface area contributed by atoms with Gasteiger partial charge in [0.1, 0.15) is 5.82 Å². The average molecular weight is 236 g/mol. The van der Waals surface area contributed by atoms with Crippen LogP contribution < -0.4 is 10.2 Å². The number of aliphatic hydroxyl groups is 1. The van der Waals surface area contributed by atoms with Gasteiger partial charge in [0.15, 0.2) is 0 Å². The zero-order chi connectivity index (χ0) is 12.1. The molecule has 1 saturated heterocycles. The number of nitrogens with zero attached hydrogens (tertiary/aromatic N) is 3. The standard InChI is InChI=1S/C12H20N4O/c1-13-12-14-7-6-11(15-12)16-8-4-2-3-5-10(16)9-17/h6-7,10,17H,2-5,8-9H2,1H3,(H,13,14,15). The Morgan fingerprint density at radius 1 is 1.47 bits per heavy atom. The van der Waals surface area contributed by atoms with Crippen LogP contribution in [-0.2, 0) is 0 Å². The first-order chi connectivity index (χ1) is 8.35. The highest BCUT2D eigenvalue weighted by Gasteiger charge is 2.21. The lowest BCUT2D eigenvalue weighted by Gasteiger charge is -2.29. The molecular weight excluding hydrogens is 216 g/mol. The molecule has 0 amide bonds. The molecule has 0 radical (unpaired) electrons. The summed E-state index contributed by atoms with van der Waals surface area (Å²) in [5, 5.41) is 12.4. The highest BCUT2D eigenvalue weighted by atomic mass is 16.3. The molecule has 0 saturated carbocycles. The molecular formula is C12H20N4O. The molecule has 0 aliphatic carbocycles. The first kappa shape index (κ1) is 12.1. The minimum absolute atomic E-state index is 0.192. The second-order valence-corrected chi connectivity index (χ2v) is 4.37. The topological polar surface area (TPSA) is 61.3 Å². The van der Waals surface area contributed by atoms with E-state index in [9.17, 15) is 5.11 Å². The number of rotatable bonds is 3. The molecule has 1 unspecified atom stereocenters. The monoisotopic (exact) mass is 236 g/mol. The van der Waals surface area contributed by atoms with Crippen molar-refractivity contribution in [1.29, 1.82) is 0 Å². The molecule has 0 spiro atoms. The highest BCUT2D eigenvalue weighted by Crippen LogP contribution is 2.22. The summed E-state index contributed by atoms with van der Waals surface area (Å²) in [5.74, 6) is 1.54. The summed E-state index contributed by atoms with van der Waals surface area (Å²) in [6.45, 7) is 1.16. The van der Waals surface area contributed by atoms with Crippen LogP contribution in [0.4, 0.5) is 11.8 Å². The maximum Gasteiger partial charge on any atom is 0.224 e. The minimum Gasteiger partial charge on any atom is -0.394 e. The number of anilines is 2. The van der Waals surface area contributed by atoms with Crippen molar-refractivity contribution in [3.8, 4) is 0 Å². The predicted octanol–water partition coefficient (Wildman–Crippen LogP) is 1.26. The Labute approximate surface area is 102 Å². The molecule has 1 aromatic heterocycles. The van der Waals surface area contributed by atoms with Crippen molar-refractivity contribution in [3.63, 3.8) is 0 Å². The van der Waals surface area contributed by atoms with E-state index in [0.717, 1.165) is 25.2 Å². The van der Waals surface area contributed by atoms with E-state index in [2.05, 4.69) is 20.2 Å². The number of aromatic nitrogens is 2. The fourth-order valence-electron chi connectivity index (χ4n) is 2.30. The van der Waals surface area contributed by atoms with Gasteiger partial charge in [-0.05, 0) is 18.9 Å². The second kappa shape index (κ2) is 5.82. The zero-order valence-electron chi connectivity index (χ0n) is 10.3. The van der Waals surface area contributed by atoms with Gasteiger partial charge in [0, 0.05) is 19.8 Å².